The van der Waals surface area contributed by atoms with E-state index in [9.17, 15) is 20.2 Å². The maximum Gasteiger partial charge on any atom is 0.375 e. The number of nitrogens with zero attached hydrogens (tertiary/aromatic N) is 4. The van der Waals surface area contributed by atoms with Crippen LogP contribution in [0, 0.1) is 42.9 Å². The van der Waals surface area contributed by atoms with E-state index in [0.717, 1.165) is 12.1 Å². The summed E-state index contributed by atoms with van der Waals surface area (Å²) in [6, 6.07) is -2.07. The van der Waals surface area contributed by atoms with Gasteiger partial charge < -0.3 is 0 Å². The maximum absolute atomic E-state index is 9.96. The largest absolute Gasteiger partial charge is 0.375 e. The minimum absolute atomic E-state index is 1.07. The highest BCUT2D eigenvalue weighted by Gasteiger charge is 2.41. The summed E-state index contributed by atoms with van der Waals surface area (Å²) >= 11 is 0. The molecule has 0 N–H and O–H groups in total. The van der Waals surface area contributed by atoms with Crippen molar-refractivity contribution in [2.75, 3.05) is 0 Å². The molecule has 8 heteroatoms. The van der Waals surface area contributed by atoms with Gasteiger partial charge in [0, 0.05) is 9.85 Å². The molecule has 0 aromatic carbocycles. The first kappa shape index (κ1) is 9.78. The Labute approximate surface area is 65.9 Å². The van der Waals surface area contributed by atoms with Crippen LogP contribution in [0.4, 0.5) is 0 Å². The predicted octanol–water partition coefficient (Wildman–Crippen LogP) is -0.676. The molecule has 0 spiro atoms. The fourth-order valence-corrected chi connectivity index (χ4v) is 0.466. The molecular formula is C4H2N4O4. The van der Waals surface area contributed by atoms with E-state index in [2.05, 4.69) is 0 Å². The molecule has 0 rings (SSSR count). The molecule has 0 aromatic heterocycles. The molecule has 0 aliphatic rings. The van der Waals surface area contributed by atoms with Gasteiger partial charge in [-0.1, -0.05) is 0 Å². The summed E-state index contributed by atoms with van der Waals surface area (Å²) in [5.74, 6) is 0. The summed E-state index contributed by atoms with van der Waals surface area (Å²) in [6.45, 7) is 0. The van der Waals surface area contributed by atoms with Gasteiger partial charge in [0.05, 0.1) is 0 Å². The Morgan fingerprint density at radius 1 is 1.00 bits per heavy atom. The molecular weight excluding hydrogens is 168 g/mol. The van der Waals surface area contributed by atoms with Crippen LogP contribution in [-0.2, 0) is 0 Å². The molecule has 0 radical (unpaired) electrons. The average Bonchev–Trinajstić information content (AvgIpc) is 1.98. The van der Waals surface area contributed by atoms with Gasteiger partial charge in [0.25, 0.3) is 0 Å². The first-order valence-corrected chi connectivity index (χ1v) is 2.60. The molecule has 0 aromatic rings. The molecule has 62 valence electrons. The van der Waals surface area contributed by atoms with Gasteiger partial charge in [-0.15, -0.1) is 0 Å². The summed E-state index contributed by atoms with van der Waals surface area (Å²) in [5.41, 5.74) is 0. The number of nitro groups is 2. The van der Waals surface area contributed by atoms with Crippen molar-refractivity contribution < 1.29 is 9.85 Å². The third kappa shape index (κ3) is 1.88. The number of hydrogen-bond donors (Lipinski definition) is 0. The van der Waals surface area contributed by atoms with E-state index in [-0.39, 0.29) is 0 Å². The van der Waals surface area contributed by atoms with E-state index < -0.39 is 21.9 Å². The van der Waals surface area contributed by atoms with Gasteiger partial charge in [0.2, 0.25) is 0 Å². The summed E-state index contributed by atoms with van der Waals surface area (Å²) in [7, 11) is 0. The lowest BCUT2D eigenvalue weighted by molar-refractivity contribution is -0.595. The minimum Gasteiger partial charge on any atom is -0.263 e. The molecule has 0 amide bonds. The van der Waals surface area contributed by atoms with Crippen molar-refractivity contribution in [2.24, 2.45) is 0 Å². The van der Waals surface area contributed by atoms with Crippen LogP contribution in [0.3, 0.4) is 0 Å². The van der Waals surface area contributed by atoms with Crippen LogP contribution >= 0.6 is 0 Å². The molecule has 2 atom stereocenters. The zero-order valence-corrected chi connectivity index (χ0v) is 5.58. The Kier molecular flexibility index (Phi) is 3.12. The Balaban J connectivity index is 4.74. The second-order valence-corrected chi connectivity index (χ2v) is 1.72. The van der Waals surface area contributed by atoms with Crippen molar-refractivity contribution >= 4 is 0 Å². The Morgan fingerprint density at radius 3 is 1.33 bits per heavy atom. The summed E-state index contributed by atoms with van der Waals surface area (Å²) < 4.78 is 0. The van der Waals surface area contributed by atoms with Crippen molar-refractivity contribution in [1.29, 1.82) is 10.5 Å². The fourth-order valence-electron chi connectivity index (χ4n) is 0.466. The standard InChI is InChI=1S/C4H2N4O4/c5-1-3(7(9)10)4(2-6)8(11)12/h3-4H. The Morgan fingerprint density at radius 2 is 1.25 bits per heavy atom. The van der Waals surface area contributed by atoms with Gasteiger partial charge in [-0.05, 0) is 0 Å². The van der Waals surface area contributed by atoms with Crippen LogP contribution in [0.15, 0.2) is 0 Å². The van der Waals surface area contributed by atoms with Gasteiger partial charge >= 0.3 is 12.1 Å². The second-order valence-electron chi connectivity index (χ2n) is 1.72. The van der Waals surface area contributed by atoms with Crippen molar-refractivity contribution in [3.05, 3.63) is 20.2 Å². The van der Waals surface area contributed by atoms with Crippen LogP contribution in [0.2, 0.25) is 0 Å². The third-order valence-corrected chi connectivity index (χ3v) is 1.02. The molecule has 0 bridgehead atoms. The Hall–Kier alpha value is -2.22. The topological polar surface area (TPSA) is 134 Å². The highest BCUT2D eigenvalue weighted by molar-refractivity contribution is 5.00. The van der Waals surface area contributed by atoms with Crippen molar-refractivity contribution in [2.45, 2.75) is 12.1 Å². The molecule has 12 heavy (non-hydrogen) atoms. The molecule has 0 saturated carbocycles. The highest BCUT2D eigenvalue weighted by atomic mass is 16.6. The monoisotopic (exact) mass is 170 g/mol. The smallest absolute Gasteiger partial charge is 0.263 e. The van der Waals surface area contributed by atoms with Gasteiger partial charge in [-0.25, -0.2) is 0 Å². The van der Waals surface area contributed by atoms with E-state index in [1.807, 2.05) is 0 Å². The lowest BCUT2D eigenvalue weighted by Crippen LogP contribution is -2.37. The number of hydrogen-bond acceptors (Lipinski definition) is 6. The normalized spacial score (nSPS) is 13.5. The van der Waals surface area contributed by atoms with Gasteiger partial charge in [-0.2, -0.15) is 10.5 Å². The van der Waals surface area contributed by atoms with E-state index in [4.69, 9.17) is 10.5 Å². The predicted molar refractivity (Wildman–Crippen MR) is 32.8 cm³/mol. The first-order chi connectivity index (χ1) is 5.54. The fraction of sp³-hybridized carbons (Fsp3) is 0.500. The summed E-state index contributed by atoms with van der Waals surface area (Å²) in [6.07, 6.45) is 0. The third-order valence-electron chi connectivity index (χ3n) is 1.02. The zero-order valence-electron chi connectivity index (χ0n) is 5.58. The second kappa shape index (κ2) is 3.83. The van der Waals surface area contributed by atoms with Crippen molar-refractivity contribution in [1.82, 2.24) is 0 Å². The molecule has 2 unspecified atom stereocenters. The maximum atomic E-state index is 9.96. The van der Waals surface area contributed by atoms with E-state index in [1.165, 1.54) is 0 Å². The highest BCUT2D eigenvalue weighted by Crippen LogP contribution is 1.99. The summed E-state index contributed by atoms with van der Waals surface area (Å²) in [4.78, 5) is 17.6. The van der Waals surface area contributed by atoms with Gasteiger partial charge in [-0.3, -0.25) is 20.2 Å². The molecule has 0 heterocycles. The van der Waals surface area contributed by atoms with E-state index in [0.29, 0.717) is 0 Å². The van der Waals surface area contributed by atoms with Crippen LogP contribution in [0.5, 0.6) is 0 Å². The number of rotatable bonds is 3. The van der Waals surface area contributed by atoms with Crippen LogP contribution < -0.4 is 0 Å². The number of nitriles is 2. The molecule has 0 aliphatic carbocycles. The van der Waals surface area contributed by atoms with E-state index >= 15 is 0 Å². The van der Waals surface area contributed by atoms with Crippen molar-refractivity contribution in [3.63, 3.8) is 0 Å². The van der Waals surface area contributed by atoms with Crippen molar-refractivity contribution in [3.8, 4) is 12.1 Å². The molecule has 0 saturated heterocycles. The van der Waals surface area contributed by atoms with Gasteiger partial charge in [0.15, 0.2) is 12.1 Å². The first-order valence-electron chi connectivity index (χ1n) is 2.60. The molecule has 0 fully saturated rings. The van der Waals surface area contributed by atoms with Crippen LogP contribution in [-0.4, -0.2) is 21.9 Å². The lowest BCUT2D eigenvalue weighted by Gasteiger charge is -1.99. The lowest BCUT2D eigenvalue weighted by atomic mass is 10.2. The van der Waals surface area contributed by atoms with Gasteiger partial charge in [0.1, 0.15) is 0 Å². The minimum atomic E-state index is -2.11. The van der Waals surface area contributed by atoms with Crippen LogP contribution in [0.1, 0.15) is 0 Å². The zero-order chi connectivity index (χ0) is 9.72. The average molecular weight is 170 g/mol. The quantitative estimate of drug-likeness (QED) is 0.406. The SMILES string of the molecule is N#CC(C(C#N)[N+](=O)[O-])[N+](=O)[O-]. The molecule has 8 nitrogen and oxygen atoms in total. The Bertz CT molecular complexity index is 256. The van der Waals surface area contributed by atoms with E-state index in [1.54, 1.807) is 0 Å². The summed E-state index contributed by atoms with van der Waals surface area (Å²) in [5, 5.41) is 36.1. The molecule has 0 aliphatic heterocycles. The van der Waals surface area contributed by atoms with Crippen LogP contribution in [0.25, 0.3) is 0 Å².